The standard InChI is InChI=1S/C11H12N6O/c12-11-13-5-8(14-11)4-9-6-17(16-15-9)7-10-2-1-3-18-10/h1-3,5-6H,4,7H2,(H3,12,13,14). The minimum Gasteiger partial charge on any atom is -0.467 e. The molecule has 7 nitrogen and oxygen atoms in total. The van der Waals surface area contributed by atoms with Crippen LogP contribution in [0.1, 0.15) is 17.1 Å². The van der Waals surface area contributed by atoms with Crippen LogP contribution >= 0.6 is 0 Å². The lowest BCUT2D eigenvalue weighted by atomic mass is 10.3. The van der Waals surface area contributed by atoms with E-state index in [1.54, 1.807) is 17.1 Å². The quantitative estimate of drug-likeness (QED) is 0.707. The third-order valence-electron chi connectivity index (χ3n) is 2.50. The van der Waals surface area contributed by atoms with Crippen molar-refractivity contribution in [2.45, 2.75) is 13.0 Å². The van der Waals surface area contributed by atoms with Crippen molar-refractivity contribution in [1.29, 1.82) is 0 Å². The summed E-state index contributed by atoms with van der Waals surface area (Å²) in [5.74, 6) is 1.25. The van der Waals surface area contributed by atoms with E-state index >= 15 is 0 Å². The zero-order chi connectivity index (χ0) is 12.4. The zero-order valence-electron chi connectivity index (χ0n) is 9.58. The molecule has 3 aromatic rings. The third kappa shape index (κ3) is 2.24. The monoisotopic (exact) mass is 244 g/mol. The molecule has 7 heteroatoms. The molecule has 0 spiro atoms. The second-order valence-electron chi connectivity index (χ2n) is 3.94. The van der Waals surface area contributed by atoms with E-state index in [4.69, 9.17) is 10.2 Å². The van der Waals surface area contributed by atoms with Crippen molar-refractivity contribution in [2.75, 3.05) is 5.73 Å². The Bertz CT molecular complexity index is 624. The van der Waals surface area contributed by atoms with Crippen LogP contribution in [-0.4, -0.2) is 25.0 Å². The number of hydrogen-bond donors (Lipinski definition) is 2. The molecule has 0 aromatic carbocycles. The van der Waals surface area contributed by atoms with E-state index in [0.717, 1.165) is 17.1 Å². The molecule has 3 N–H and O–H groups in total. The summed E-state index contributed by atoms with van der Waals surface area (Å²) in [6.07, 6.45) is 5.87. The Balaban J connectivity index is 1.69. The highest BCUT2D eigenvalue weighted by Crippen LogP contribution is 2.07. The van der Waals surface area contributed by atoms with Crippen LogP contribution in [0.5, 0.6) is 0 Å². The van der Waals surface area contributed by atoms with Crippen LogP contribution in [0.3, 0.4) is 0 Å². The van der Waals surface area contributed by atoms with Gasteiger partial charge in [0.2, 0.25) is 0 Å². The molecule has 0 bridgehead atoms. The first-order chi connectivity index (χ1) is 8.79. The lowest BCUT2D eigenvalue weighted by Crippen LogP contribution is -1.98. The molecule has 92 valence electrons. The number of H-pyrrole nitrogens is 1. The van der Waals surface area contributed by atoms with Gasteiger partial charge in [0.15, 0.2) is 5.95 Å². The van der Waals surface area contributed by atoms with Gasteiger partial charge in [-0.3, -0.25) is 0 Å². The summed E-state index contributed by atoms with van der Waals surface area (Å²) in [4.78, 5) is 6.95. The van der Waals surface area contributed by atoms with Crippen LogP contribution in [0.2, 0.25) is 0 Å². The van der Waals surface area contributed by atoms with Gasteiger partial charge in [0.1, 0.15) is 12.3 Å². The van der Waals surface area contributed by atoms with Gasteiger partial charge in [-0.05, 0) is 12.1 Å². The van der Waals surface area contributed by atoms with Gasteiger partial charge in [0, 0.05) is 18.8 Å². The smallest absolute Gasteiger partial charge is 0.197 e. The predicted molar refractivity (Wildman–Crippen MR) is 63.6 cm³/mol. The molecule has 0 aliphatic carbocycles. The number of anilines is 1. The Hall–Kier alpha value is -2.57. The highest BCUT2D eigenvalue weighted by Gasteiger charge is 2.06. The molecule has 0 saturated heterocycles. The molecule has 0 saturated carbocycles. The van der Waals surface area contributed by atoms with Crippen molar-refractivity contribution in [3.8, 4) is 0 Å². The van der Waals surface area contributed by atoms with E-state index < -0.39 is 0 Å². The van der Waals surface area contributed by atoms with Gasteiger partial charge in [0.05, 0.1) is 17.7 Å². The average molecular weight is 244 g/mol. The SMILES string of the molecule is Nc1nc(Cc2cn(Cc3ccco3)nn2)c[nH]1. The normalized spacial score (nSPS) is 10.9. The largest absolute Gasteiger partial charge is 0.467 e. The van der Waals surface area contributed by atoms with E-state index in [9.17, 15) is 0 Å². The first-order valence-corrected chi connectivity index (χ1v) is 5.51. The molecule has 0 unspecified atom stereocenters. The van der Waals surface area contributed by atoms with Crippen LogP contribution in [0.4, 0.5) is 5.95 Å². The fourth-order valence-corrected chi connectivity index (χ4v) is 1.71. The molecule has 3 aromatic heterocycles. The second kappa shape index (κ2) is 4.36. The molecule has 0 aliphatic heterocycles. The molecule has 18 heavy (non-hydrogen) atoms. The van der Waals surface area contributed by atoms with Crippen molar-refractivity contribution >= 4 is 5.95 Å². The Morgan fingerprint density at radius 3 is 3.06 bits per heavy atom. The summed E-state index contributed by atoms with van der Waals surface area (Å²) in [5.41, 5.74) is 7.19. The Morgan fingerprint density at radius 1 is 1.39 bits per heavy atom. The van der Waals surface area contributed by atoms with Gasteiger partial charge >= 0.3 is 0 Å². The number of aromatic nitrogens is 5. The van der Waals surface area contributed by atoms with E-state index in [1.165, 1.54) is 0 Å². The summed E-state index contributed by atoms with van der Waals surface area (Å²) in [6.45, 7) is 0.572. The number of hydrogen-bond acceptors (Lipinski definition) is 5. The maximum Gasteiger partial charge on any atom is 0.197 e. The van der Waals surface area contributed by atoms with Crippen molar-refractivity contribution < 1.29 is 4.42 Å². The van der Waals surface area contributed by atoms with Gasteiger partial charge < -0.3 is 15.1 Å². The molecule has 0 aliphatic rings. The molecule has 0 atom stereocenters. The minimum atomic E-state index is 0.410. The molecule has 0 fully saturated rings. The maximum absolute atomic E-state index is 5.51. The number of rotatable bonds is 4. The van der Waals surface area contributed by atoms with Gasteiger partial charge in [-0.1, -0.05) is 5.21 Å². The van der Waals surface area contributed by atoms with E-state index in [1.807, 2.05) is 18.3 Å². The van der Waals surface area contributed by atoms with Crippen LogP contribution < -0.4 is 5.73 Å². The van der Waals surface area contributed by atoms with Gasteiger partial charge in [0.25, 0.3) is 0 Å². The number of aromatic amines is 1. The summed E-state index contributed by atoms with van der Waals surface area (Å²) in [5, 5.41) is 8.11. The molecular formula is C11H12N6O. The summed E-state index contributed by atoms with van der Waals surface area (Å²) in [6, 6.07) is 3.75. The van der Waals surface area contributed by atoms with Crippen LogP contribution in [-0.2, 0) is 13.0 Å². The van der Waals surface area contributed by atoms with E-state index in [-0.39, 0.29) is 0 Å². The van der Waals surface area contributed by atoms with Gasteiger partial charge in [-0.25, -0.2) is 9.67 Å². The molecule has 3 rings (SSSR count). The number of nitrogen functional groups attached to an aromatic ring is 1. The van der Waals surface area contributed by atoms with E-state index in [2.05, 4.69) is 20.3 Å². The fraction of sp³-hybridized carbons (Fsp3) is 0.182. The predicted octanol–water partition coefficient (Wildman–Crippen LogP) is 0.815. The summed E-state index contributed by atoms with van der Waals surface area (Å²) in [7, 11) is 0. The summed E-state index contributed by atoms with van der Waals surface area (Å²) < 4.78 is 6.97. The topological polar surface area (TPSA) is 98.6 Å². The van der Waals surface area contributed by atoms with Gasteiger partial charge in [-0.15, -0.1) is 5.10 Å². The highest BCUT2D eigenvalue weighted by atomic mass is 16.3. The Labute approximate surface area is 103 Å². The zero-order valence-corrected chi connectivity index (χ0v) is 9.58. The first kappa shape index (κ1) is 10.6. The lowest BCUT2D eigenvalue weighted by molar-refractivity contribution is 0.475. The van der Waals surface area contributed by atoms with E-state index in [0.29, 0.717) is 18.9 Å². The molecule has 0 amide bonds. The average Bonchev–Trinajstić information content (AvgIpc) is 3.04. The second-order valence-corrected chi connectivity index (χ2v) is 3.94. The van der Waals surface area contributed by atoms with Crippen molar-refractivity contribution in [3.63, 3.8) is 0 Å². The summed E-state index contributed by atoms with van der Waals surface area (Å²) >= 11 is 0. The van der Waals surface area contributed by atoms with Crippen LogP contribution in [0, 0.1) is 0 Å². The van der Waals surface area contributed by atoms with Crippen molar-refractivity contribution in [3.05, 3.63) is 47.9 Å². The number of nitrogens with two attached hydrogens (primary N) is 1. The third-order valence-corrected chi connectivity index (χ3v) is 2.50. The number of nitrogens with one attached hydrogen (secondary N) is 1. The molecule has 0 radical (unpaired) electrons. The molecule has 3 heterocycles. The number of nitrogens with zero attached hydrogens (tertiary/aromatic N) is 4. The van der Waals surface area contributed by atoms with Gasteiger partial charge in [-0.2, -0.15) is 0 Å². The Kier molecular flexibility index (Phi) is 2.56. The lowest BCUT2D eigenvalue weighted by Gasteiger charge is -1.94. The highest BCUT2D eigenvalue weighted by molar-refractivity contribution is 5.21. The molecular weight excluding hydrogens is 232 g/mol. The minimum absolute atomic E-state index is 0.410. The van der Waals surface area contributed by atoms with Crippen LogP contribution in [0.15, 0.2) is 35.2 Å². The fourth-order valence-electron chi connectivity index (χ4n) is 1.71. The first-order valence-electron chi connectivity index (χ1n) is 5.51. The van der Waals surface area contributed by atoms with Crippen molar-refractivity contribution in [1.82, 2.24) is 25.0 Å². The number of furan rings is 1. The maximum atomic E-state index is 5.51. The van der Waals surface area contributed by atoms with Crippen molar-refractivity contribution in [2.24, 2.45) is 0 Å². The number of imidazole rings is 1. The Morgan fingerprint density at radius 2 is 2.33 bits per heavy atom. The van der Waals surface area contributed by atoms with Crippen LogP contribution in [0.25, 0.3) is 0 Å².